The fourth-order valence-corrected chi connectivity index (χ4v) is 2.15. The number of rotatable bonds is 4. The van der Waals surface area contributed by atoms with Gasteiger partial charge >= 0.3 is 0 Å². The zero-order valence-electron chi connectivity index (χ0n) is 11.1. The van der Waals surface area contributed by atoms with Crippen LogP contribution in [0.15, 0.2) is 35.3 Å². The summed E-state index contributed by atoms with van der Waals surface area (Å²) >= 11 is 0. The van der Waals surface area contributed by atoms with Crippen LogP contribution in [0.2, 0.25) is 0 Å². The van der Waals surface area contributed by atoms with Crippen LogP contribution in [-0.2, 0) is 5.41 Å². The molecule has 2 N–H and O–H groups in total. The third-order valence-corrected chi connectivity index (χ3v) is 3.40. The van der Waals surface area contributed by atoms with E-state index in [2.05, 4.69) is 52.9 Å². The first kappa shape index (κ1) is 15.3. The Morgan fingerprint density at radius 1 is 1.22 bits per heavy atom. The van der Waals surface area contributed by atoms with Crippen LogP contribution in [0.5, 0.6) is 0 Å². The van der Waals surface area contributed by atoms with Gasteiger partial charge in [-0.3, -0.25) is 4.99 Å². The van der Waals surface area contributed by atoms with Crippen molar-refractivity contribution in [3.63, 3.8) is 0 Å². The molecule has 100 valence electrons. The van der Waals surface area contributed by atoms with Crippen molar-refractivity contribution in [3.05, 3.63) is 35.9 Å². The van der Waals surface area contributed by atoms with E-state index in [1.54, 1.807) is 0 Å². The molecular formula is C14H22IN3. The maximum atomic E-state index is 4.20. The third kappa shape index (κ3) is 3.60. The number of hydrogen-bond acceptors (Lipinski definition) is 1. The Morgan fingerprint density at radius 3 is 2.39 bits per heavy atom. The smallest absolute Gasteiger partial charge is 0.190 e. The van der Waals surface area contributed by atoms with E-state index in [1.165, 1.54) is 18.4 Å². The quantitative estimate of drug-likeness (QED) is 0.493. The lowest BCUT2D eigenvalue weighted by Crippen LogP contribution is -2.41. The van der Waals surface area contributed by atoms with E-state index in [0.717, 1.165) is 19.0 Å². The Bertz CT molecular complexity index is 385. The van der Waals surface area contributed by atoms with E-state index >= 15 is 0 Å². The van der Waals surface area contributed by atoms with E-state index in [4.69, 9.17) is 0 Å². The van der Waals surface area contributed by atoms with Crippen molar-refractivity contribution >= 4 is 29.9 Å². The summed E-state index contributed by atoms with van der Waals surface area (Å²) in [5, 5.41) is 6.63. The molecule has 3 nitrogen and oxygen atoms in total. The van der Waals surface area contributed by atoms with Crippen molar-refractivity contribution in [2.75, 3.05) is 20.1 Å². The molecule has 1 aliphatic rings. The van der Waals surface area contributed by atoms with Crippen molar-refractivity contribution in [2.24, 2.45) is 4.99 Å². The van der Waals surface area contributed by atoms with Gasteiger partial charge in [-0.1, -0.05) is 30.3 Å². The molecule has 0 bridgehead atoms. The minimum Gasteiger partial charge on any atom is -0.357 e. The summed E-state index contributed by atoms with van der Waals surface area (Å²) < 4.78 is 0. The molecule has 0 saturated heterocycles. The Balaban J connectivity index is 0.00000162. The molecule has 0 radical (unpaired) electrons. The maximum absolute atomic E-state index is 4.20. The second kappa shape index (κ2) is 6.97. The normalized spacial score (nSPS) is 16.7. The summed E-state index contributed by atoms with van der Waals surface area (Å²) in [5.74, 6) is 0.898. The first-order chi connectivity index (χ1) is 8.30. The van der Waals surface area contributed by atoms with Crippen LogP contribution < -0.4 is 10.6 Å². The fourth-order valence-electron chi connectivity index (χ4n) is 2.15. The van der Waals surface area contributed by atoms with Crippen molar-refractivity contribution < 1.29 is 0 Å². The van der Waals surface area contributed by atoms with Crippen LogP contribution in [0.25, 0.3) is 0 Å². The average molecular weight is 359 g/mol. The molecule has 2 rings (SSSR count). The van der Waals surface area contributed by atoms with E-state index in [9.17, 15) is 0 Å². The lowest BCUT2D eigenvalue weighted by atomic mass is 9.96. The standard InChI is InChI=1S/C14H21N3.HI/c1-3-16-13(15-2)17-11-14(9-10-14)12-7-5-4-6-8-12;/h4-8H,3,9-11H2,1-2H3,(H2,15,16,17);1H. The van der Waals surface area contributed by atoms with Gasteiger partial charge in [0.1, 0.15) is 0 Å². The molecule has 0 aromatic heterocycles. The van der Waals surface area contributed by atoms with Crippen LogP contribution in [0.4, 0.5) is 0 Å². The van der Waals surface area contributed by atoms with E-state index in [0.29, 0.717) is 5.41 Å². The van der Waals surface area contributed by atoms with Gasteiger partial charge in [0.05, 0.1) is 0 Å². The minimum absolute atomic E-state index is 0. The lowest BCUT2D eigenvalue weighted by molar-refractivity contribution is 0.647. The third-order valence-electron chi connectivity index (χ3n) is 3.40. The van der Waals surface area contributed by atoms with Gasteiger partial charge in [0, 0.05) is 25.6 Å². The summed E-state index contributed by atoms with van der Waals surface area (Å²) in [4.78, 5) is 4.20. The van der Waals surface area contributed by atoms with Gasteiger partial charge in [-0.25, -0.2) is 0 Å². The maximum Gasteiger partial charge on any atom is 0.190 e. The second-order valence-electron chi connectivity index (χ2n) is 4.60. The summed E-state index contributed by atoms with van der Waals surface area (Å²) in [6.07, 6.45) is 2.54. The van der Waals surface area contributed by atoms with Crippen molar-refractivity contribution in [1.82, 2.24) is 10.6 Å². The molecule has 1 aromatic carbocycles. The second-order valence-corrected chi connectivity index (χ2v) is 4.60. The molecule has 1 aliphatic carbocycles. The lowest BCUT2D eigenvalue weighted by Gasteiger charge is -2.18. The van der Waals surface area contributed by atoms with E-state index in [1.807, 2.05) is 7.05 Å². The first-order valence-corrected chi connectivity index (χ1v) is 6.31. The first-order valence-electron chi connectivity index (χ1n) is 6.31. The Hall–Kier alpha value is -0.780. The molecule has 0 aliphatic heterocycles. The highest BCUT2D eigenvalue weighted by atomic mass is 127. The topological polar surface area (TPSA) is 36.4 Å². The molecule has 4 heteroatoms. The van der Waals surface area contributed by atoms with Gasteiger partial charge < -0.3 is 10.6 Å². The molecule has 0 spiro atoms. The molecule has 0 heterocycles. The van der Waals surface area contributed by atoms with Gasteiger partial charge in [-0.05, 0) is 25.3 Å². The number of halogens is 1. The minimum atomic E-state index is 0. The van der Waals surface area contributed by atoms with Gasteiger partial charge in [0.2, 0.25) is 0 Å². The van der Waals surface area contributed by atoms with Gasteiger partial charge in [0.15, 0.2) is 5.96 Å². The molecule has 18 heavy (non-hydrogen) atoms. The van der Waals surface area contributed by atoms with Crippen LogP contribution in [0, 0.1) is 0 Å². The van der Waals surface area contributed by atoms with E-state index < -0.39 is 0 Å². The Morgan fingerprint density at radius 2 is 1.89 bits per heavy atom. The number of hydrogen-bond donors (Lipinski definition) is 2. The summed E-state index contributed by atoms with van der Waals surface area (Å²) in [7, 11) is 1.81. The Kier molecular flexibility index (Phi) is 5.91. The molecule has 0 atom stereocenters. The highest BCUT2D eigenvalue weighted by molar-refractivity contribution is 14.0. The Labute approximate surface area is 126 Å². The zero-order chi connectivity index (χ0) is 12.1. The molecular weight excluding hydrogens is 337 g/mol. The van der Waals surface area contributed by atoms with Gasteiger partial charge in [-0.2, -0.15) is 0 Å². The van der Waals surface area contributed by atoms with Crippen molar-refractivity contribution in [3.8, 4) is 0 Å². The molecule has 1 aromatic rings. The van der Waals surface area contributed by atoms with Gasteiger partial charge in [0.25, 0.3) is 0 Å². The predicted octanol–water partition coefficient (Wildman–Crippen LogP) is 2.52. The SMILES string of the molecule is CCNC(=NC)NCC1(c2ccccc2)CC1.I. The molecule has 0 unspecified atom stereocenters. The zero-order valence-corrected chi connectivity index (χ0v) is 13.4. The summed E-state index contributed by atoms with van der Waals surface area (Å²) in [6, 6.07) is 10.8. The highest BCUT2D eigenvalue weighted by Gasteiger charge is 2.43. The molecule has 0 amide bonds. The fraction of sp³-hybridized carbons (Fsp3) is 0.500. The number of aliphatic imine (C=N–C) groups is 1. The van der Waals surface area contributed by atoms with Crippen LogP contribution in [0.3, 0.4) is 0 Å². The van der Waals surface area contributed by atoms with Crippen molar-refractivity contribution in [2.45, 2.75) is 25.2 Å². The number of benzene rings is 1. The number of guanidine groups is 1. The summed E-state index contributed by atoms with van der Waals surface area (Å²) in [6.45, 7) is 3.95. The number of nitrogens with zero attached hydrogens (tertiary/aromatic N) is 1. The molecule has 1 fully saturated rings. The average Bonchev–Trinajstić information content (AvgIpc) is 3.17. The highest BCUT2D eigenvalue weighted by Crippen LogP contribution is 2.47. The van der Waals surface area contributed by atoms with Crippen molar-refractivity contribution in [1.29, 1.82) is 0 Å². The summed E-state index contributed by atoms with van der Waals surface area (Å²) in [5.41, 5.74) is 1.78. The molecule has 1 saturated carbocycles. The van der Waals surface area contributed by atoms with Crippen LogP contribution in [-0.4, -0.2) is 26.1 Å². The van der Waals surface area contributed by atoms with E-state index in [-0.39, 0.29) is 24.0 Å². The number of nitrogens with one attached hydrogen (secondary N) is 2. The largest absolute Gasteiger partial charge is 0.357 e. The van der Waals surface area contributed by atoms with Gasteiger partial charge in [-0.15, -0.1) is 24.0 Å². The predicted molar refractivity (Wildman–Crippen MR) is 87.8 cm³/mol. The van der Waals surface area contributed by atoms with Crippen LogP contribution in [0.1, 0.15) is 25.3 Å². The van der Waals surface area contributed by atoms with Crippen LogP contribution >= 0.6 is 24.0 Å². The monoisotopic (exact) mass is 359 g/mol.